The number of carbonyl (C=O) groups excluding carboxylic acids is 3. The second-order valence-corrected chi connectivity index (χ2v) is 8.91. The van der Waals surface area contributed by atoms with Gasteiger partial charge in [0.05, 0.1) is 5.69 Å². The van der Waals surface area contributed by atoms with Gasteiger partial charge >= 0.3 is 0 Å². The predicted molar refractivity (Wildman–Crippen MR) is 120 cm³/mol. The highest BCUT2D eigenvalue weighted by Crippen LogP contribution is 2.39. The molecule has 2 aliphatic rings. The molecule has 4 rings (SSSR count). The maximum atomic E-state index is 13.3. The largest absolute Gasteiger partial charge is 0.350 e. The molecule has 31 heavy (non-hydrogen) atoms. The van der Waals surface area contributed by atoms with Gasteiger partial charge in [-0.2, -0.15) is 0 Å². The SMILES string of the molecule is O=C(CN1C(=O)[C@H](C(=O)N2CCCCCC2)Sc2ccccc21)NCc1cccnc1. The molecule has 8 heteroatoms. The van der Waals surface area contributed by atoms with Gasteiger partial charge in [-0.1, -0.05) is 31.0 Å². The van der Waals surface area contributed by atoms with Crippen LogP contribution in [-0.4, -0.2) is 52.5 Å². The molecule has 1 aromatic carbocycles. The highest BCUT2D eigenvalue weighted by atomic mass is 32.2. The van der Waals surface area contributed by atoms with Crippen molar-refractivity contribution in [2.75, 3.05) is 24.5 Å². The molecule has 3 heterocycles. The van der Waals surface area contributed by atoms with Crippen LogP contribution in [0.4, 0.5) is 5.69 Å². The summed E-state index contributed by atoms with van der Waals surface area (Å²) < 4.78 is 0. The number of rotatable bonds is 5. The van der Waals surface area contributed by atoms with Crippen LogP contribution in [0.25, 0.3) is 0 Å². The molecule has 0 spiro atoms. The Morgan fingerprint density at radius 3 is 2.58 bits per heavy atom. The summed E-state index contributed by atoms with van der Waals surface area (Å²) in [4.78, 5) is 47.3. The van der Waals surface area contributed by atoms with Crippen LogP contribution in [0.2, 0.25) is 0 Å². The Hall–Kier alpha value is -2.87. The Morgan fingerprint density at radius 1 is 1.06 bits per heavy atom. The van der Waals surface area contributed by atoms with Gasteiger partial charge in [0.2, 0.25) is 11.8 Å². The summed E-state index contributed by atoms with van der Waals surface area (Å²) in [5.74, 6) is -0.749. The number of nitrogens with one attached hydrogen (secondary N) is 1. The summed E-state index contributed by atoms with van der Waals surface area (Å²) in [6.45, 7) is 1.59. The summed E-state index contributed by atoms with van der Waals surface area (Å²) in [6, 6.07) is 11.1. The second-order valence-electron chi connectivity index (χ2n) is 7.77. The molecule has 0 bridgehead atoms. The zero-order valence-corrected chi connectivity index (χ0v) is 18.1. The van der Waals surface area contributed by atoms with Crippen LogP contribution in [0.5, 0.6) is 0 Å². The van der Waals surface area contributed by atoms with Crippen LogP contribution in [0.1, 0.15) is 31.2 Å². The standard InChI is InChI=1S/C23H26N4O3S/c28-20(25-15-17-8-7-11-24-14-17)16-27-18-9-3-4-10-19(18)31-21(23(27)30)22(29)26-12-5-1-2-6-13-26/h3-4,7-11,14,21H,1-2,5-6,12-13,15-16H2,(H,25,28)/t21-/m0/s1. The molecule has 1 atom stereocenters. The molecule has 3 amide bonds. The fraction of sp³-hybridized carbons (Fsp3) is 0.391. The maximum Gasteiger partial charge on any atom is 0.250 e. The number of thioether (sulfide) groups is 1. The van der Waals surface area contributed by atoms with Crippen molar-refractivity contribution >= 4 is 35.2 Å². The molecule has 1 aromatic heterocycles. The van der Waals surface area contributed by atoms with E-state index in [2.05, 4.69) is 10.3 Å². The van der Waals surface area contributed by atoms with Crippen LogP contribution in [-0.2, 0) is 20.9 Å². The first kappa shape index (κ1) is 21.4. The number of para-hydroxylation sites is 1. The molecule has 0 unspecified atom stereocenters. The quantitative estimate of drug-likeness (QED) is 0.726. The van der Waals surface area contributed by atoms with Gasteiger partial charge in [0.25, 0.3) is 5.91 Å². The summed E-state index contributed by atoms with van der Waals surface area (Å²) in [6.07, 6.45) is 7.52. The number of pyridine rings is 1. The van der Waals surface area contributed by atoms with E-state index in [1.165, 1.54) is 16.7 Å². The molecule has 0 aliphatic carbocycles. The lowest BCUT2D eigenvalue weighted by atomic mass is 10.2. The molecule has 7 nitrogen and oxygen atoms in total. The third-order valence-corrected chi connectivity index (χ3v) is 6.79. The third-order valence-electron chi connectivity index (χ3n) is 5.55. The van der Waals surface area contributed by atoms with Gasteiger partial charge in [0, 0.05) is 36.9 Å². The zero-order valence-electron chi connectivity index (χ0n) is 17.3. The van der Waals surface area contributed by atoms with Crippen molar-refractivity contribution in [3.05, 3.63) is 54.4 Å². The van der Waals surface area contributed by atoms with Crippen LogP contribution in [0.3, 0.4) is 0 Å². The van der Waals surface area contributed by atoms with E-state index in [9.17, 15) is 14.4 Å². The Morgan fingerprint density at radius 2 is 1.84 bits per heavy atom. The molecule has 1 fully saturated rings. The number of benzene rings is 1. The number of amides is 3. The van der Waals surface area contributed by atoms with Crippen LogP contribution in [0, 0.1) is 0 Å². The number of hydrogen-bond donors (Lipinski definition) is 1. The highest BCUT2D eigenvalue weighted by molar-refractivity contribution is 8.01. The number of nitrogens with zero attached hydrogens (tertiary/aromatic N) is 3. The van der Waals surface area contributed by atoms with Gasteiger partial charge in [0.1, 0.15) is 6.54 Å². The predicted octanol–water partition coefficient (Wildman–Crippen LogP) is 2.61. The van der Waals surface area contributed by atoms with E-state index in [-0.39, 0.29) is 24.3 Å². The van der Waals surface area contributed by atoms with E-state index < -0.39 is 5.25 Å². The highest BCUT2D eigenvalue weighted by Gasteiger charge is 2.40. The Labute approximate surface area is 186 Å². The van der Waals surface area contributed by atoms with Crippen LogP contribution >= 0.6 is 11.8 Å². The van der Waals surface area contributed by atoms with E-state index in [1.807, 2.05) is 41.3 Å². The Bertz CT molecular complexity index is 945. The van der Waals surface area contributed by atoms with Gasteiger partial charge in [-0.15, -0.1) is 11.8 Å². The van der Waals surface area contributed by atoms with Gasteiger partial charge < -0.3 is 15.1 Å². The van der Waals surface area contributed by atoms with E-state index in [0.29, 0.717) is 25.3 Å². The van der Waals surface area contributed by atoms with Crippen molar-refractivity contribution < 1.29 is 14.4 Å². The molecule has 2 aliphatic heterocycles. The Kier molecular flexibility index (Phi) is 6.86. The van der Waals surface area contributed by atoms with Crippen molar-refractivity contribution in [3.63, 3.8) is 0 Å². The van der Waals surface area contributed by atoms with Gasteiger partial charge in [-0.05, 0) is 36.6 Å². The van der Waals surface area contributed by atoms with Crippen molar-refractivity contribution in [1.82, 2.24) is 15.2 Å². The lowest BCUT2D eigenvalue weighted by molar-refractivity contribution is -0.135. The topological polar surface area (TPSA) is 82.6 Å². The molecule has 162 valence electrons. The van der Waals surface area contributed by atoms with Gasteiger partial charge in [0.15, 0.2) is 5.25 Å². The minimum Gasteiger partial charge on any atom is -0.350 e. The maximum absolute atomic E-state index is 13.3. The van der Waals surface area contributed by atoms with Crippen LogP contribution < -0.4 is 10.2 Å². The number of aromatic nitrogens is 1. The number of hydrogen-bond acceptors (Lipinski definition) is 5. The molecule has 1 saturated heterocycles. The lowest BCUT2D eigenvalue weighted by Crippen LogP contribution is -2.52. The first-order valence-electron chi connectivity index (χ1n) is 10.6. The van der Waals surface area contributed by atoms with Gasteiger partial charge in [-0.3, -0.25) is 19.4 Å². The number of fused-ring (bicyclic) bond motifs is 1. The average molecular weight is 439 g/mol. The van der Waals surface area contributed by atoms with E-state index in [1.54, 1.807) is 12.4 Å². The third kappa shape index (κ3) is 5.07. The molecular formula is C23H26N4O3S. The molecule has 1 N–H and O–H groups in total. The summed E-state index contributed by atoms with van der Waals surface area (Å²) >= 11 is 1.29. The van der Waals surface area contributed by atoms with Crippen molar-refractivity contribution in [2.24, 2.45) is 0 Å². The normalized spacial score (nSPS) is 18.8. The van der Waals surface area contributed by atoms with E-state index >= 15 is 0 Å². The Balaban J connectivity index is 1.49. The fourth-order valence-corrected chi connectivity index (χ4v) is 5.08. The number of carbonyl (C=O) groups is 3. The summed E-state index contributed by atoms with van der Waals surface area (Å²) in [5.41, 5.74) is 1.56. The average Bonchev–Trinajstić information content (AvgIpc) is 3.09. The van der Waals surface area contributed by atoms with Gasteiger partial charge in [-0.25, -0.2) is 0 Å². The molecule has 2 aromatic rings. The first-order valence-corrected chi connectivity index (χ1v) is 11.5. The molecule has 0 saturated carbocycles. The van der Waals surface area contributed by atoms with Crippen molar-refractivity contribution in [1.29, 1.82) is 0 Å². The minimum absolute atomic E-state index is 0.125. The smallest absolute Gasteiger partial charge is 0.250 e. The lowest BCUT2D eigenvalue weighted by Gasteiger charge is -2.34. The number of likely N-dealkylation sites (tertiary alicyclic amines) is 1. The van der Waals surface area contributed by atoms with E-state index in [4.69, 9.17) is 0 Å². The summed E-state index contributed by atoms with van der Waals surface area (Å²) in [7, 11) is 0. The van der Waals surface area contributed by atoms with Crippen molar-refractivity contribution in [2.45, 2.75) is 42.4 Å². The fourth-order valence-electron chi connectivity index (χ4n) is 3.90. The van der Waals surface area contributed by atoms with Crippen molar-refractivity contribution in [3.8, 4) is 0 Å². The molecular weight excluding hydrogens is 412 g/mol. The molecule has 0 radical (unpaired) electrons. The second kappa shape index (κ2) is 9.96. The monoisotopic (exact) mass is 438 g/mol. The van der Waals surface area contributed by atoms with Crippen LogP contribution in [0.15, 0.2) is 53.7 Å². The van der Waals surface area contributed by atoms with E-state index in [0.717, 1.165) is 36.1 Å². The number of anilines is 1. The first-order chi connectivity index (χ1) is 15.1. The summed E-state index contributed by atoms with van der Waals surface area (Å²) in [5, 5.41) is 1.99. The zero-order chi connectivity index (χ0) is 21.6. The minimum atomic E-state index is -0.848.